The summed E-state index contributed by atoms with van der Waals surface area (Å²) >= 11 is 0. The highest BCUT2D eigenvalue weighted by Gasteiger charge is 2.62. The van der Waals surface area contributed by atoms with Crippen LogP contribution in [0.2, 0.25) is 0 Å². The topological polar surface area (TPSA) is 80.9 Å². The maximum atomic E-state index is 11.8. The van der Waals surface area contributed by atoms with Crippen LogP contribution < -0.4 is 0 Å². The Kier molecular flexibility index (Phi) is 7.21. The molecule has 0 aliphatic heterocycles. The molecule has 37 heavy (non-hydrogen) atoms. The van der Waals surface area contributed by atoms with E-state index in [-0.39, 0.29) is 36.3 Å². The first-order valence-electron chi connectivity index (χ1n) is 16.7. The maximum Gasteiger partial charge on any atom is 0.0604 e. The van der Waals surface area contributed by atoms with Crippen LogP contribution >= 0.6 is 0 Å². The summed E-state index contributed by atoms with van der Waals surface area (Å²) in [7, 11) is 0. The van der Waals surface area contributed by atoms with E-state index in [1.54, 1.807) is 0 Å². The Morgan fingerprint density at radius 2 is 0.946 bits per heavy atom. The molecule has 0 bridgehead atoms. The zero-order chi connectivity index (χ0) is 25.3. The van der Waals surface area contributed by atoms with Crippen LogP contribution in [0.3, 0.4) is 0 Å². The summed E-state index contributed by atoms with van der Waals surface area (Å²) < 4.78 is 0. The first-order valence-corrected chi connectivity index (χ1v) is 16.7. The smallest absolute Gasteiger partial charge is 0.0604 e. The van der Waals surface area contributed by atoms with Gasteiger partial charge < -0.3 is 20.4 Å². The standard InChI is InChI=1S/C33H54O4/c34-22-12-21-11-20-13-29(35)23(18-7-3-1-4-8-18)15-25(20)32-26-16-24(19-9-5-2-6-10-19)30(36)17-27(26)33(37)28(14-22)31(21)32/h18-37H,1-17H2. The van der Waals surface area contributed by atoms with Gasteiger partial charge in [0.25, 0.3) is 0 Å². The van der Waals surface area contributed by atoms with Crippen molar-refractivity contribution in [3.05, 3.63) is 0 Å². The molecule has 7 aliphatic carbocycles. The van der Waals surface area contributed by atoms with Crippen molar-refractivity contribution < 1.29 is 20.4 Å². The molecule has 4 heteroatoms. The van der Waals surface area contributed by atoms with Gasteiger partial charge in [0.05, 0.1) is 24.4 Å². The van der Waals surface area contributed by atoms with E-state index in [0.29, 0.717) is 59.2 Å². The number of hydrogen-bond acceptors (Lipinski definition) is 4. The normalized spacial score (nSPS) is 55.1. The Balaban J connectivity index is 1.22. The summed E-state index contributed by atoms with van der Waals surface area (Å²) in [5.41, 5.74) is 0. The number of hydrogen-bond donors (Lipinski definition) is 4. The van der Waals surface area contributed by atoms with Crippen molar-refractivity contribution in [2.45, 2.75) is 134 Å². The Labute approximate surface area is 225 Å². The molecule has 0 spiro atoms. The van der Waals surface area contributed by atoms with Gasteiger partial charge in [0.15, 0.2) is 0 Å². The molecule has 0 radical (unpaired) electrons. The van der Waals surface area contributed by atoms with Crippen LogP contribution in [-0.4, -0.2) is 44.8 Å². The van der Waals surface area contributed by atoms with Crippen molar-refractivity contribution in [3.8, 4) is 0 Å². The second kappa shape index (κ2) is 10.3. The minimum absolute atomic E-state index is 0.140. The molecule has 0 amide bonds. The lowest BCUT2D eigenvalue weighted by molar-refractivity contribution is -0.215. The lowest BCUT2D eigenvalue weighted by Gasteiger charge is -2.65. The van der Waals surface area contributed by atoms with Crippen molar-refractivity contribution in [2.75, 3.05) is 0 Å². The van der Waals surface area contributed by atoms with Crippen molar-refractivity contribution in [3.63, 3.8) is 0 Å². The maximum absolute atomic E-state index is 11.8. The number of aliphatic hydroxyl groups is 4. The molecule has 4 N–H and O–H groups in total. The number of fused-ring (bicyclic) bond motifs is 4. The van der Waals surface area contributed by atoms with E-state index in [2.05, 4.69) is 0 Å². The van der Waals surface area contributed by atoms with Crippen LogP contribution in [0.1, 0.15) is 109 Å². The Morgan fingerprint density at radius 1 is 0.351 bits per heavy atom. The summed E-state index contributed by atoms with van der Waals surface area (Å²) in [6.45, 7) is 0. The van der Waals surface area contributed by atoms with Crippen LogP contribution in [0.5, 0.6) is 0 Å². The predicted molar refractivity (Wildman–Crippen MR) is 144 cm³/mol. The fraction of sp³-hybridized carbons (Fsp3) is 1.00. The summed E-state index contributed by atoms with van der Waals surface area (Å²) in [6.07, 6.45) is 19.1. The molecule has 210 valence electrons. The van der Waals surface area contributed by atoms with E-state index in [1.165, 1.54) is 70.6 Å². The largest absolute Gasteiger partial charge is 0.393 e. The highest BCUT2D eigenvalue weighted by molar-refractivity contribution is 5.11. The SMILES string of the molecule is OC1CC2CC3CC(O)C(C4CCCCC4)CC3C3C4CC(C5CCCCC5)C(O)CC4C(O)C(C1)C23. The van der Waals surface area contributed by atoms with Gasteiger partial charge in [-0.3, -0.25) is 0 Å². The third-order valence-electron chi connectivity index (χ3n) is 13.9. The van der Waals surface area contributed by atoms with Crippen molar-refractivity contribution >= 4 is 0 Å². The third kappa shape index (κ3) is 4.47. The molecule has 7 fully saturated rings. The quantitative estimate of drug-likeness (QED) is 0.389. The molecule has 7 rings (SSSR count). The molecule has 0 aromatic rings. The first kappa shape index (κ1) is 25.8. The molecule has 0 heterocycles. The fourth-order valence-electron chi connectivity index (χ4n) is 12.6. The summed E-state index contributed by atoms with van der Waals surface area (Å²) in [5.74, 6) is 6.15. The zero-order valence-corrected chi connectivity index (χ0v) is 23.0. The van der Waals surface area contributed by atoms with Gasteiger partial charge >= 0.3 is 0 Å². The van der Waals surface area contributed by atoms with Gasteiger partial charge in [0.2, 0.25) is 0 Å². The number of rotatable bonds is 2. The lowest BCUT2D eigenvalue weighted by Crippen LogP contribution is -2.63. The highest BCUT2D eigenvalue weighted by Crippen LogP contribution is 2.65. The predicted octanol–water partition coefficient (Wildman–Crippen LogP) is 5.55. The molecular formula is C33H54O4. The van der Waals surface area contributed by atoms with E-state index in [4.69, 9.17) is 0 Å². The van der Waals surface area contributed by atoms with Gasteiger partial charge in [0, 0.05) is 0 Å². The zero-order valence-electron chi connectivity index (χ0n) is 23.0. The lowest BCUT2D eigenvalue weighted by atomic mass is 9.41. The molecule has 14 atom stereocenters. The molecular weight excluding hydrogens is 460 g/mol. The van der Waals surface area contributed by atoms with Crippen molar-refractivity contribution in [1.82, 2.24) is 0 Å². The minimum atomic E-state index is -0.356. The second-order valence-corrected chi connectivity index (χ2v) is 15.4. The number of aliphatic hydroxyl groups excluding tert-OH is 4. The van der Waals surface area contributed by atoms with E-state index in [1.807, 2.05) is 0 Å². The van der Waals surface area contributed by atoms with Gasteiger partial charge in [-0.15, -0.1) is 0 Å². The Bertz CT molecular complexity index is 789. The fourth-order valence-corrected chi connectivity index (χ4v) is 12.6. The summed E-state index contributed by atoms with van der Waals surface area (Å²) in [4.78, 5) is 0. The van der Waals surface area contributed by atoms with Crippen LogP contribution in [0.15, 0.2) is 0 Å². The van der Waals surface area contributed by atoms with E-state index in [0.717, 1.165) is 38.5 Å². The minimum Gasteiger partial charge on any atom is -0.393 e. The van der Waals surface area contributed by atoms with Gasteiger partial charge in [0.1, 0.15) is 0 Å². The molecule has 0 aromatic heterocycles. The summed E-state index contributed by atoms with van der Waals surface area (Å²) in [5, 5.41) is 45.6. The van der Waals surface area contributed by atoms with E-state index < -0.39 is 0 Å². The van der Waals surface area contributed by atoms with Gasteiger partial charge in [-0.2, -0.15) is 0 Å². The summed E-state index contributed by atoms with van der Waals surface area (Å²) in [6, 6.07) is 0. The molecule has 7 aliphatic rings. The average Bonchev–Trinajstić information content (AvgIpc) is 2.91. The first-order chi connectivity index (χ1) is 18.0. The molecule has 7 saturated carbocycles. The third-order valence-corrected chi connectivity index (χ3v) is 13.9. The van der Waals surface area contributed by atoms with Gasteiger partial charge in [-0.25, -0.2) is 0 Å². The Hall–Kier alpha value is -0.160. The monoisotopic (exact) mass is 514 g/mol. The van der Waals surface area contributed by atoms with Gasteiger partial charge in [-0.1, -0.05) is 64.2 Å². The average molecular weight is 515 g/mol. The van der Waals surface area contributed by atoms with Crippen LogP contribution in [0, 0.1) is 71.0 Å². The van der Waals surface area contributed by atoms with Crippen LogP contribution in [0.25, 0.3) is 0 Å². The van der Waals surface area contributed by atoms with Crippen LogP contribution in [-0.2, 0) is 0 Å². The van der Waals surface area contributed by atoms with Crippen molar-refractivity contribution in [2.24, 2.45) is 71.0 Å². The molecule has 4 nitrogen and oxygen atoms in total. The Morgan fingerprint density at radius 3 is 1.59 bits per heavy atom. The second-order valence-electron chi connectivity index (χ2n) is 15.4. The molecule has 0 aromatic carbocycles. The van der Waals surface area contributed by atoms with Crippen molar-refractivity contribution in [1.29, 1.82) is 0 Å². The highest BCUT2D eigenvalue weighted by atomic mass is 16.3. The van der Waals surface area contributed by atoms with E-state index in [9.17, 15) is 20.4 Å². The molecule has 14 unspecified atom stereocenters. The molecule has 0 saturated heterocycles. The van der Waals surface area contributed by atoms with Crippen LogP contribution in [0.4, 0.5) is 0 Å². The van der Waals surface area contributed by atoms with Gasteiger partial charge in [-0.05, 0) is 116 Å². The van der Waals surface area contributed by atoms with E-state index >= 15 is 0 Å².